The molecule has 1 aliphatic heterocycles. The van der Waals surface area contributed by atoms with Crippen molar-refractivity contribution in [1.29, 1.82) is 0 Å². The summed E-state index contributed by atoms with van der Waals surface area (Å²) in [6.45, 7) is 4.77. The molecule has 2 N–H and O–H groups in total. The fourth-order valence-electron chi connectivity index (χ4n) is 2.48. The molecule has 0 aromatic heterocycles. The van der Waals surface area contributed by atoms with Crippen LogP contribution in [0.15, 0.2) is 24.3 Å². The number of hydrogen-bond donors (Lipinski definition) is 1. The van der Waals surface area contributed by atoms with Gasteiger partial charge in [-0.3, -0.25) is 4.79 Å². The summed E-state index contributed by atoms with van der Waals surface area (Å²) < 4.78 is 5.60. The molecule has 4 heteroatoms. The van der Waals surface area contributed by atoms with Gasteiger partial charge in [0.15, 0.2) is 0 Å². The number of hydrogen-bond acceptors (Lipinski definition) is 3. The Morgan fingerprint density at radius 3 is 2.79 bits per heavy atom. The van der Waals surface area contributed by atoms with E-state index in [9.17, 15) is 4.79 Å². The number of carbonyl (C=O) groups excluding carboxylic acids is 1. The van der Waals surface area contributed by atoms with Crippen LogP contribution >= 0.6 is 0 Å². The minimum Gasteiger partial charge on any atom is -0.378 e. The van der Waals surface area contributed by atoms with Gasteiger partial charge in [0.2, 0.25) is 0 Å². The molecule has 1 fully saturated rings. The van der Waals surface area contributed by atoms with Crippen molar-refractivity contribution in [2.45, 2.75) is 32.4 Å². The summed E-state index contributed by atoms with van der Waals surface area (Å²) in [5.74, 6) is 0.102. The standard InChI is InChI=1S/C15H22N2O2/c1-2-19-14-6-8-17(9-7-14)15(18)13-5-3-4-12(10-13)11-16/h3-5,10,14H,2,6-9,11,16H2,1H3. The average molecular weight is 262 g/mol. The quantitative estimate of drug-likeness (QED) is 0.900. The minimum absolute atomic E-state index is 0.102. The molecular formula is C15H22N2O2. The Morgan fingerprint density at radius 2 is 2.16 bits per heavy atom. The monoisotopic (exact) mass is 262 g/mol. The number of nitrogens with two attached hydrogens (primary N) is 1. The molecule has 104 valence electrons. The Hall–Kier alpha value is -1.39. The lowest BCUT2D eigenvalue weighted by Gasteiger charge is -2.31. The van der Waals surface area contributed by atoms with Crippen molar-refractivity contribution >= 4 is 5.91 Å². The zero-order chi connectivity index (χ0) is 13.7. The lowest BCUT2D eigenvalue weighted by molar-refractivity contribution is 0.0146. The first-order chi connectivity index (χ1) is 9.24. The summed E-state index contributed by atoms with van der Waals surface area (Å²) in [7, 11) is 0. The Bertz CT molecular complexity index is 426. The van der Waals surface area contributed by atoms with Gasteiger partial charge in [0.05, 0.1) is 6.10 Å². The van der Waals surface area contributed by atoms with Crippen LogP contribution in [0.3, 0.4) is 0 Å². The van der Waals surface area contributed by atoms with E-state index >= 15 is 0 Å². The highest BCUT2D eigenvalue weighted by atomic mass is 16.5. The number of benzene rings is 1. The first kappa shape index (κ1) is 14.0. The molecule has 19 heavy (non-hydrogen) atoms. The summed E-state index contributed by atoms with van der Waals surface area (Å²) in [5, 5.41) is 0. The van der Waals surface area contributed by atoms with Crippen LogP contribution in [0.5, 0.6) is 0 Å². The maximum Gasteiger partial charge on any atom is 0.253 e. The van der Waals surface area contributed by atoms with Crippen molar-refractivity contribution in [2.24, 2.45) is 5.73 Å². The molecule has 1 saturated heterocycles. The first-order valence-electron chi connectivity index (χ1n) is 6.94. The van der Waals surface area contributed by atoms with E-state index in [1.54, 1.807) is 0 Å². The highest BCUT2D eigenvalue weighted by Crippen LogP contribution is 2.16. The number of ether oxygens (including phenoxy) is 1. The van der Waals surface area contributed by atoms with E-state index < -0.39 is 0 Å². The van der Waals surface area contributed by atoms with E-state index in [1.807, 2.05) is 36.1 Å². The van der Waals surface area contributed by atoms with Gasteiger partial charge in [0, 0.05) is 31.8 Å². The summed E-state index contributed by atoms with van der Waals surface area (Å²) in [6.07, 6.45) is 2.16. The van der Waals surface area contributed by atoms with Crippen LogP contribution in [0.25, 0.3) is 0 Å². The highest BCUT2D eigenvalue weighted by molar-refractivity contribution is 5.94. The molecule has 1 amide bonds. The molecule has 4 nitrogen and oxygen atoms in total. The van der Waals surface area contributed by atoms with Crippen LogP contribution < -0.4 is 5.73 Å². The lowest BCUT2D eigenvalue weighted by Crippen LogP contribution is -2.40. The van der Waals surface area contributed by atoms with Crippen LogP contribution in [0, 0.1) is 0 Å². The maximum atomic E-state index is 12.4. The predicted octanol–water partition coefficient (Wildman–Crippen LogP) is 1.79. The maximum absolute atomic E-state index is 12.4. The van der Waals surface area contributed by atoms with Crippen molar-refractivity contribution in [3.8, 4) is 0 Å². The third-order valence-corrected chi connectivity index (χ3v) is 3.54. The van der Waals surface area contributed by atoms with Gasteiger partial charge in [0.1, 0.15) is 0 Å². The summed E-state index contributed by atoms with van der Waals surface area (Å²) >= 11 is 0. The smallest absolute Gasteiger partial charge is 0.253 e. The van der Waals surface area contributed by atoms with Crippen LogP contribution in [-0.4, -0.2) is 36.6 Å². The first-order valence-corrected chi connectivity index (χ1v) is 6.94. The van der Waals surface area contributed by atoms with E-state index in [0.717, 1.165) is 43.7 Å². The molecular weight excluding hydrogens is 240 g/mol. The molecule has 0 aliphatic carbocycles. The molecule has 1 aliphatic rings. The third-order valence-electron chi connectivity index (χ3n) is 3.54. The SMILES string of the molecule is CCOC1CCN(C(=O)c2cccc(CN)c2)CC1. The van der Waals surface area contributed by atoms with E-state index in [0.29, 0.717) is 12.6 Å². The van der Waals surface area contributed by atoms with Gasteiger partial charge in [-0.25, -0.2) is 0 Å². The van der Waals surface area contributed by atoms with Gasteiger partial charge < -0.3 is 15.4 Å². The van der Waals surface area contributed by atoms with Gasteiger partial charge in [-0.05, 0) is 37.5 Å². The van der Waals surface area contributed by atoms with E-state index in [2.05, 4.69) is 0 Å². The second-order valence-electron chi connectivity index (χ2n) is 4.85. The van der Waals surface area contributed by atoms with Crippen molar-refractivity contribution in [3.63, 3.8) is 0 Å². The largest absolute Gasteiger partial charge is 0.378 e. The fourth-order valence-corrected chi connectivity index (χ4v) is 2.48. The topological polar surface area (TPSA) is 55.6 Å². The summed E-state index contributed by atoms with van der Waals surface area (Å²) in [4.78, 5) is 14.3. The zero-order valence-electron chi connectivity index (χ0n) is 11.5. The highest BCUT2D eigenvalue weighted by Gasteiger charge is 2.23. The van der Waals surface area contributed by atoms with Crippen molar-refractivity contribution in [2.75, 3.05) is 19.7 Å². The molecule has 0 atom stereocenters. The summed E-state index contributed by atoms with van der Waals surface area (Å²) in [6, 6.07) is 7.58. The Kier molecular flexibility index (Phi) is 4.93. The molecule has 0 radical (unpaired) electrons. The van der Waals surface area contributed by atoms with Gasteiger partial charge in [0.25, 0.3) is 5.91 Å². The molecule has 1 aromatic carbocycles. The fraction of sp³-hybridized carbons (Fsp3) is 0.533. The summed E-state index contributed by atoms with van der Waals surface area (Å²) in [5.41, 5.74) is 7.34. The van der Waals surface area contributed by atoms with Crippen LogP contribution in [0.4, 0.5) is 0 Å². The van der Waals surface area contributed by atoms with Gasteiger partial charge in [-0.15, -0.1) is 0 Å². The van der Waals surface area contributed by atoms with Crippen LogP contribution in [0.2, 0.25) is 0 Å². The number of piperidine rings is 1. The molecule has 2 rings (SSSR count). The van der Waals surface area contributed by atoms with E-state index in [4.69, 9.17) is 10.5 Å². The molecule has 0 bridgehead atoms. The Morgan fingerprint density at radius 1 is 1.42 bits per heavy atom. The van der Waals surface area contributed by atoms with Crippen molar-refractivity contribution in [1.82, 2.24) is 4.90 Å². The second-order valence-corrected chi connectivity index (χ2v) is 4.85. The van der Waals surface area contributed by atoms with Gasteiger partial charge in [-0.2, -0.15) is 0 Å². The van der Waals surface area contributed by atoms with Gasteiger partial charge >= 0.3 is 0 Å². The normalized spacial score (nSPS) is 16.6. The molecule has 1 heterocycles. The minimum atomic E-state index is 0.102. The zero-order valence-corrected chi connectivity index (χ0v) is 11.5. The lowest BCUT2D eigenvalue weighted by atomic mass is 10.1. The average Bonchev–Trinajstić information content (AvgIpc) is 2.48. The van der Waals surface area contributed by atoms with Gasteiger partial charge in [-0.1, -0.05) is 12.1 Å². The van der Waals surface area contributed by atoms with E-state index in [-0.39, 0.29) is 5.91 Å². The van der Waals surface area contributed by atoms with E-state index in [1.165, 1.54) is 0 Å². The number of carbonyl (C=O) groups is 1. The Balaban J connectivity index is 1.97. The number of nitrogens with zero attached hydrogens (tertiary/aromatic N) is 1. The number of rotatable bonds is 4. The van der Waals surface area contributed by atoms with Crippen LogP contribution in [0.1, 0.15) is 35.7 Å². The molecule has 0 spiro atoms. The predicted molar refractivity (Wildman–Crippen MR) is 74.9 cm³/mol. The molecule has 1 aromatic rings. The Labute approximate surface area is 114 Å². The van der Waals surface area contributed by atoms with Crippen LogP contribution in [-0.2, 0) is 11.3 Å². The van der Waals surface area contributed by atoms with Crippen molar-refractivity contribution < 1.29 is 9.53 Å². The number of likely N-dealkylation sites (tertiary alicyclic amines) is 1. The molecule has 0 unspecified atom stereocenters. The van der Waals surface area contributed by atoms with Crippen molar-refractivity contribution in [3.05, 3.63) is 35.4 Å². The third kappa shape index (κ3) is 3.55. The molecule has 0 saturated carbocycles. The number of amides is 1. The second kappa shape index (κ2) is 6.68.